The minimum Gasteiger partial charge on any atom is -0.487 e. The number of nitrogens with zero attached hydrogens (tertiary/aromatic N) is 1. The summed E-state index contributed by atoms with van der Waals surface area (Å²) < 4.78 is 5.42. The molecule has 0 spiro atoms. The molecule has 1 saturated carbocycles. The van der Waals surface area contributed by atoms with Gasteiger partial charge in [0.2, 0.25) is 0 Å². The number of aromatic nitrogens is 1. The maximum absolute atomic E-state index is 12.3. The summed E-state index contributed by atoms with van der Waals surface area (Å²) in [4.78, 5) is 16.3. The quantitative estimate of drug-likeness (QED) is 0.803. The molecule has 1 aromatic heterocycles. The second-order valence-corrected chi connectivity index (χ2v) is 4.88. The highest BCUT2D eigenvalue weighted by atomic mass is 16.5. The van der Waals surface area contributed by atoms with Gasteiger partial charge in [-0.25, -0.2) is 4.98 Å². The number of aliphatic hydroxyl groups excluding tert-OH is 1. The Hall–Kier alpha value is -1.88. The number of aliphatic hydroxyl groups is 1. The third kappa shape index (κ3) is 3.57. The van der Waals surface area contributed by atoms with Crippen LogP contribution in [-0.4, -0.2) is 34.8 Å². The summed E-state index contributed by atoms with van der Waals surface area (Å²) in [5.74, 6) is 0.116. The highest BCUT2D eigenvalue weighted by Gasteiger charge is 2.26. The van der Waals surface area contributed by atoms with Crippen LogP contribution in [0.25, 0.3) is 0 Å². The number of rotatable bonds is 5. The van der Waals surface area contributed by atoms with Crippen molar-refractivity contribution < 1.29 is 14.6 Å². The molecule has 0 bridgehead atoms. The van der Waals surface area contributed by atoms with Crippen LogP contribution in [0.2, 0.25) is 0 Å². The van der Waals surface area contributed by atoms with Crippen molar-refractivity contribution in [3.8, 4) is 5.75 Å². The molecule has 2 rings (SSSR count). The predicted octanol–water partition coefficient (Wildman–Crippen LogP) is 1.68. The van der Waals surface area contributed by atoms with Gasteiger partial charge >= 0.3 is 0 Å². The Morgan fingerprint density at radius 1 is 1.55 bits per heavy atom. The van der Waals surface area contributed by atoms with E-state index >= 15 is 0 Å². The second kappa shape index (κ2) is 7.05. The molecule has 1 heterocycles. The van der Waals surface area contributed by atoms with Crippen molar-refractivity contribution in [2.24, 2.45) is 0 Å². The van der Waals surface area contributed by atoms with Crippen molar-refractivity contribution in [1.29, 1.82) is 0 Å². The molecule has 20 heavy (non-hydrogen) atoms. The van der Waals surface area contributed by atoms with Crippen LogP contribution < -0.4 is 10.1 Å². The number of pyridine rings is 1. The van der Waals surface area contributed by atoms with E-state index in [1.807, 2.05) is 0 Å². The monoisotopic (exact) mass is 276 g/mol. The van der Waals surface area contributed by atoms with Crippen LogP contribution in [0.1, 0.15) is 36.2 Å². The smallest absolute Gasteiger partial charge is 0.274 e. The lowest BCUT2D eigenvalue weighted by Crippen LogP contribution is -2.45. The molecule has 2 atom stereocenters. The van der Waals surface area contributed by atoms with Gasteiger partial charge in [-0.15, -0.1) is 0 Å². The molecule has 0 aliphatic heterocycles. The van der Waals surface area contributed by atoms with Crippen LogP contribution in [0, 0.1) is 0 Å². The molecule has 1 aliphatic rings. The van der Waals surface area contributed by atoms with Gasteiger partial charge in [-0.2, -0.15) is 0 Å². The third-order valence-corrected chi connectivity index (χ3v) is 3.39. The maximum Gasteiger partial charge on any atom is 0.274 e. The summed E-state index contributed by atoms with van der Waals surface area (Å²) in [5.41, 5.74) is 0.243. The van der Waals surface area contributed by atoms with Gasteiger partial charge in [-0.05, 0) is 25.0 Å². The minimum absolute atomic E-state index is 0.203. The summed E-state index contributed by atoms with van der Waals surface area (Å²) in [5, 5.41) is 12.7. The zero-order valence-corrected chi connectivity index (χ0v) is 11.4. The van der Waals surface area contributed by atoms with Crippen LogP contribution in [0.5, 0.6) is 5.75 Å². The lowest BCUT2D eigenvalue weighted by Gasteiger charge is -2.28. The Morgan fingerprint density at radius 3 is 3.10 bits per heavy atom. The molecule has 0 radical (unpaired) electrons. The second-order valence-electron chi connectivity index (χ2n) is 4.88. The Kier molecular flexibility index (Phi) is 5.12. The molecule has 2 unspecified atom stereocenters. The normalized spacial score (nSPS) is 22.1. The summed E-state index contributed by atoms with van der Waals surface area (Å²) in [7, 11) is 0. The molecule has 5 nitrogen and oxygen atoms in total. The van der Waals surface area contributed by atoms with E-state index in [1.165, 1.54) is 0 Å². The van der Waals surface area contributed by atoms with Gasteiger partial charge in [0.25, 0.3) is 5.91 Å². The summed E-state index contributed by atoms with van der Waals surface area (Å²) in [6.07, 6.45) is 6.23. The van der Waals surface area contributed by atoms with Crippen molar-refractivity contribution in [3.63, 3.8) is 0 Å². The predicted molar refractivity (Wildman–Crippen MR) is 75.7 cm³/mol. The van der Waals surface area contributed by atoms with Crippen LogP contribution in [0.4, 0.5) is 0 Å². The first-order valence-corrected chi connectivity index (χ1v) is 6.90. The number of carbonyl (C=O) groups excluding carboxylic acids is 1. The lowest BCUT2D eigenvalue weighted by molar-refractivity contribution is 0.0711. The molecular weight excluding hydrogens is 256 g/mol. The van der Waals surface area contributed by atoms with E-state index < -0.39 is 6.10 Å². The van der Waals surface area contributed by atoms with Crippen LogP contribution in [-0.2, 0) is 0 Å². The molecule has 1 fully saturated rings. The summed E-state index contributed by atoms with van der Waals surface area (Å²) in [6, 6.07) is 3.21. The fourth-order valence-corrected chi connectivity index (χ4v) is 2.34. The lowest BCUT2D eigenvalue weighted by atomic mass is 9.92. The SMILES string of the molecule is C=CCOc1cccnc1C(=O)NC1CCCCC1O. The van der Waals surface area contributed by atoms with Gasteiger partial charge in [0.05, 0.1) is 12.1 Å². The zero-order chi connectivity index (χ0) is 14.4. The van der Waals surface area contributed by atoms with Crippen molar-refractivity contribution in [3.05, 3.63) is 36.7 Å². The van der Waals surface area contributed by atoms with E-state index in [-0.39, 0.29) is 17.6 Å². The average molecular weight is 276 g/mol. The Bertz CT molecular complexity index is 476. The molecule has 0 saturated heterocycles. The number of carbonyl (C=O) groups is 1. The van der Waals surface area contributed by atoms with E-state index in [4.69, 9.17) is 4.74 Å². The first-order chi connectivity index (χ1) is 9.72. The van der Waals surface area contributed by atoms with Crippen molar-refractivity contribution in [2.75, 3.05) is 6.61 Å². The minimum atomic E-state index is -0.478. The number of amides is 1. The largest absolute Gasteiger partial charge is 0.487 e. The van der Waals surface area contributed by atoms with E-state index in [0.29, 0.717) is 12.4 Å². The van der Waals surface area contributed by atoms with Crippen molar-refractivity contribution >= 4 is 5.91 Å². The molecular formula is C15H20N2O3. The molecule has 2 N–H and O–H groups in total. The van der Waals surface area contributed by atoms with Crippen LogP contribution >= 0.6 is 0 Å². The standard InChI is InChI=1S/C15H20N2O3/c1-2-10-20-13-8-5-9-16-14(13)15(19)17-11-6-3-4-7-12(11)18/h2,5,8-9,11-12,18H,1,3-4,6-7,10H2,(H,17,19). The van der Waals surface area contributed by atoms with Gasteiger partial charge in [-0.3, -0.25) is 4.79 Å². The van der Waals surface area contributed by atoms with Gasteiger partial charge in [0.1, 0.15) is 6.61 Å². The van der Waals surface area contributed by atoms with E-state index in [0.717, 1.165) is 25.7 Å². The number of hydrogen-bond donors (Lipinski definition) is 2. The number of hydrogen-bond acceptors (Lipinski definition) is 4. The molecule has 1 aromatic rings. The fourth-order valence-electron chi connectivity index (χ4n) is 2.34. The molecule has 1 amide bonds. The molecule has 5 heteroatoms. The van der Waals surface area contributed by atoms with Crippen LogP contribution in [0.15, 0.2) is 31.0 Å². The average Bonchev–Trinajstić information content (AvgIpc) is 2.47. The van der Waals surface area contributed by atoms with Gasteiger partial charge in [0.15, 0.2) is 11.4 Å². The fraction of sp³-hybridized carbons (Fsp3) is 0.467. The molecule has 0 aromatic carbocycles. The first kappa shape index (κ1) is 14.5. The van der Waals surface area contributed by atoms with E-state index in [2.05, 4.69) is 16.9 Å². The highest BCUT2D eigenvalue weighted by molar-refractivity contribution is 5.95. The summed E-state index contributed by atoms with van der Waals surface area (Å²) >= 11 is 0. The van der Waals surface area contributed by atoms with E-state index in [1.54, 1.807) is 24.4 Å². The Morgan fingerprint density at radius 2 is 2.35 bits per heavy atom. The number of ether oxygens (including phenoxy) is 1. The molecule has 108 valence electrons. The van der Waals surface area contributed by atoms with E-state index in [9.17, 15) is 9.90 Å². The van der Waals surface area contributed by atoms with Crippen molar-refractivity contribution in [2.45, 2.75) is 37.8 Å². The Labute approximate surface area is 118 Å². The third-order valence-electron chi connectivity index (χ3n) is 3.39. The topological polar surface area (TPSA) is 71.5 Å². The summed E-state index contributed by atoms with van der Waals surface area (Å²) in [6.45, 7) is 3.89. The van der Waals surface area contributed by atoms with Crippen molar-refractivity contribution in [1.82, 2.24) is 10.3 Å². The Balaban J connectivity index is 2.06. The molecule has 1 aliphatic carbocycles. The van der Waals surface area contributed by atoms with Gasteiger partial charge < -0.3 is 15.2 Å². The highest BCUT2D eigenvalue weighted by Crippen LogP contribution is 2.20. The maximum atomic E-state index is 12.3. The zero-order valence-electron chi connectivity index (χ0n) is 11.4. The number of nitrogens with one attached hydrogen (secondary N) is 1. The van der Waals surface area contributed by atoms with Gasteiger partial charge in [0, 0.05) is 6.20 Å². The van der Waals surface area contributed by atoms with Crippen LogP contribution in [0.3, 0.4) is 0 Å². The van der Waals surface area contributed by atoms with Gasteiger partial charge in [-0.1, -0.05) is 25.5 Å². The first-order valence-electron chi connectivity index (χ1n) is 6.90.